The summed E-state index contributed by atoms with van der Waals surface area (Å²) in [6.07, 6.45) is 1.47. The lowest BCUT2D eigenvalue weighted by atomic mass is 10.1. The van der Waals surface area contributed by atoms with Crippen LogP contribution in [0.5, 0.6) is 11.5 Å². The Balaban J connectivity index is 1.36. The first kappa shape index (κ1) is 20.4. The standard InChI is InChI=1S/C21H16ClN3O6/c22-17-11-14(25(27)28)2-4-16(17)18-6-3-15(31-18)12-23-24-21(26)10-13-1-5-19-20(9-13)30-8-7-29-19/h1-6,9,11-12H,7-8,10H2,(H,24,26)/b23-12-. The molecular weight excluding hydrogens is 426 g/mol. The van der Waals surface area contributed by atoms with Crippen LogP contribution in [-0.4, -0.2) is 30.3 Å². The average Bonchev–Trinajstić information content (AvgIpc) is 3.22. The maximum atomic E-state index is 12.1. The summed E-state index contributed by atoms with van der Waals surface area (Å²) in [5, 5.41) is 14.9. The van der Waals surface area contributed by atoms with Crippen LogP contribution < -0.4 is 14.9 Å². The minimum atomic E-state index is -0.524. The van der Waals surface area contributed by atoms with Gasteiger partial charge in [0.2, 0.25) is 5.91 Å². The van der Waals surface area contributed by atoms with Gasteiger partial charge in [0, 0.05) is 17.7 Å². The fourth-order valence-corrected chi connectivity index (χ4v) is 3.24. The number of hydrogen-bond acceptors (Lipinski definition) is 7. The summed E-state index contributed by atoms with van der Waals surface area (Å²) in [6.45, 7) is 0.982. The summed E-state index contributed by atoms with van der Waals surface area (Å²) in [6, 6.07) is 12.7. The lowest BCUT2D eigenvalue weighted by Crippen LogP contribution is -2.20. The summed E-state index contributed by atoms with van der Waals surface area (Å²) in [7, 11) is 0. The van der Waals surface area contributed by atoms with Gasteiger partial charge in [0.1, 0.15) is 24.7 Å². The van der Waals surface area contributed by atoms with E-state index in [1.165, 1.54) is 24.4 Å². The van der Waals surface area contributed by atoms with Gasteiger partial charge in [-0.3, -0.25) is 14.9 Å². The van der Waals surface area contributed by atoms with Gasteiger partial charge in [0.05, 0.1) is 22.6 Å². The first-order valence-electron chi connectivity index (χ1n) is 9.24. The minimum absolute atomic E-state index is 0.109. The van der Waals surface area contributed by atoms with E-state index < -0.39 is 4.92 Å². The summed E-state index contributed by atoms with van der Waals surface area (Å²) >= 11 is 6.11. The first-order chi connectivity index (χ1) is 15.0. The van der Waals surface area contributed by atoms with Crippen LogP contribution in [0.4, 0.5) is 5.69 Å². The predicted octanol–water partition coefficient (Wildman–Crippen LogP) is 3.97. The van der Waals surface area contributed by atoms with Gasteiger partial charge >= 0.3 is 0 Å². The van der Waals surface area contributed by atoms with Gasteiger partial charge in [-0.15, -0.1) is 0 Å². The number of hydrogen-bond donors (Lipinski definition) is 1. The van der Waals surface area contributed by atoms with Crippen molar-refractivity contribution in [3.05, 3.63) is 75.0 Å². The largest absolute Gasteiger partial charge is 0.486 e. The molecule has 0 atom stereocenters. The van der Waals surface area contributed by atoms with Crippen LogP contribution in [0, 0.1) is 10.1 Å². The number of benzene rings is 2. The Morgan fingerprint density at radius 1 is 1.13 bits per heavy atom. The molecule has 158 valence electrons. The molecule has 0 saturated heterocycles. The lowest BCUT2D eigenvalue weighted by Gasteiger charge is -2.18. The van der Waals surface area contributed by atoms with Gasteiger partial charge in [0.25, 0.3) is 5.69 Å². The molecule has 1 aromatic heterocycles. The van der Waals surface area contributed by atoms with Gasteiger partial charge in [-0.05, 0) is 35.9 Å². The third-order valence-corrected chi connectivity index (χ3v) is 4.72. The Morgan fingerprint density at radius 3 is 2.71 bits per heavy atom. The molecule has 0 aliphatic carbocycles. The number of fused-ring (bicyclic) bond motifs is 1. The van der Waals surface area contributed by atoms with E-state index in [0.717, 1.165) is 5.56 Å². The zero-order valence-corrected chi connectivity index (χ0v) is 16.8. The van der Waals surface area contributed by atoms with E-state index >= 15 is 0 Å². The highest BCUT2D eigenvalue weighted by Gasteiger charge is 2.14. The summed E-state index contributed by atoms with van der Waals surface area (Å²) in [5.41, 5.74) is 3.61. The predicted molar refractivity (Wildman–Crippen MR) is 113 cm³/mol. The maximum Gasteiger partial charge on any atom is 0.270 e. The van der Waals surface area contributed by atoms with E-state index in [2.05, 4.69) is 10.5 Å². The number of ether oxygens (including phenoxy) is 2. The number of furan rings is 1. The number of nitrogens with zero attached hydrogens (tertiary/aromatic N) is 2. The van der Waals surface area contributed by atoms with Gasteiger partial charge in [-0.25, -0.2) is 5.43 Å². The van der Waals surface area contributed by atoms with Crippen LogP contribution in [0.25, 0.3) is 11.3 Å². The van der Waals surface area contributed by atoms with E-state index in [1.54, 1.807) is 30.3 Å². The Labute approximate surface area is 181 Å². The van der Waals surface area contributed by atoms with Crippen molar-refractivity contribution in [3.8, 4) is 22.8 Å². The van der Waals surface area contributed by atoms with E-state index in [9.17, 15) is 14.9 Å². The fraction of sp³-hybridized carbons (Fsp3) is 0.143. The molecule has 2 heterocycles. The summed E-state index contributed by atoms with van der Waals surface area (Å²) < 4.78 is 16.6. The number of nitro benzene ring substituents is 1. The Kier molecular flexibility index (Phi) is 5.85. The molecule has 1 aliphatic heterocycles. The van der Waals surface area contributed by atoms with Crippen molar-refractivity contribution in [2.24, 2.45) is 5.10 Å². The molecule has 1 amide bonds. The summed E-state index contributed by atoms with van der Waals surface area (Å²) in [5.74, 6) is 1.77. The van der Waals surface area contributed by atoms with Crippen LogP contribution in [0.1, 0.15) is 11.3 Å². The molecule has 4 rings (SSSR count). The molecular formula is C21H16ClN3O6. The monoisotopic (exact) mass is 441 g/mol. The Morgan fingerprint density at radius 2 is 1.94 bits per heavy atom. The second-order valence-corrected chi connectivity index (χ2v) is 6.98. The maximum absolute atomic E-state index is 12.1. The molecule has 1 N–H and O–H groups in total. The number of nitrogens with one attached hydrogen (secondary N) is 1. The van der Waals surface area contributed by atoms with E-state index in [4.69, 9.17) is 25.5 Å². The highest BCUT2D eigenvalue weighted by Crippen LogP contribution is 2.32. The third kappa shape index (κ3) is 4.84. The van der Waals surface area contributed by atoms with Crippen molar-refractivity contribution < 1.29 is 23.6 Å². The molecule has 31 heavy (non-hydrogen) atoms. The molecule has 0 unspecified atom stereocenters. The Bertz CT molecular complexity index is 1170. The molecule has 2 aromatic carbocycles. The molecule has 0 spiro atoms. The normalized spacial score (nSPS) is 12.7. The average molecular weight is 442 g/mol. The summed E-state index contributed by atoms with van der Waals surface area (Å²) in [4.78, 5) is 22.4. The number of rotatable bonds is 6. The molecule has 1 aliphatic rings. The Hall–Kier alpha value is -3.85. The first-order valence-corrected chi connectivity index (χ1v) is 9.62. The molecule has 0 fully saturated rings. The van der Waals surface area contributed by atoms with Gasteiger partial charge < -0.3 is 13.9 Å². The van der Waals surface area contributed by atoms with Crippen molar-refractivity contribution in [3.63, 3.8) is 0 Å². The zero-order valence-electron chi connectivity index (χ0n) is 16.0. The number of amides is 1. The lowest BCUT2D eigenvalue weighted by molar-refractivity contribution is -0.384. The van der Waals surface area contributed by atoms with Crippen LogP contribution in [-0.2, 0) is 11.2 Å². The quantitative estimate of drug-likeness (QED) is 0.351. The molecule has 3 aromatic rings. The topological polar surface area (TPSA) is 116 Å². The van der Waals surface area contributed by atoms with Gasteiger partial charge in [-0.1, -0.05) is 17.7 Å². The fourth-order valence-electron chi connectivity index (χ4n) is 2.97. The van der Waals surface area contributed by atoms with Crippen LogP contribution in [0.15, 0.2) is 58.0 Å². The second kappa shape index (κ2) is 8.88. The second-order valence-electron chi connectivity index (χ2n) is 6.57. The van der Waals surface area contributed by atoms with Crippen LogP contribution >= 0.6 is 11.6 Å². The van der Waals surface area contributed by atoms with Crippen LogP contribution in [0.3, 0.4) is 0 Å². The van der Waals surface area contributed by atoms with Crippen molar-refractivity contribution in [2.75, 3.05) is 13.2 Å². The SMILES string of the molecule is O=C(Cc1ccc2c(c1)OCCO2)N/N=C\c1ccc(-c2ccc([N+](=O)[O-])cc2Cl)o1. The number of hydrazone groups is 1. The van der Waals surface area contributed by atoms with E-state index in [-0.39, 0.29) is 23.0 Å². The smallest absolute Gasteiger partial charge is 0.270 e. The number of halogens is 1. The number of non-ortho nitro benzene ring substituents is 1. The van der Waals surface area contributed by atoms with Crippen molar-refractivity contribution in [1.29, 1.82) is 0 Å². The highest BCUT2D eigenvalue weighted by atomic mass is 35.5. The van der Waals surface area contributed by atoms with Gasteiger partial charge in [-0.2, -0.15) is 5.10 Å². The molecule has 9 nitrogen and oxygen atoms in total. The van der Waals surface area contributed by atoms with Crippen molar-refractivity contribution >= 4 is 29.4 Å². The molecule has 0 bridgehead atoms. The number of carbonyl (C=O) groups is 1. The minimum Gasteiger partial charge on any atom is -0.486 e. The van der Waals surface area contributed by atoms with E-state index in [1.807, 2.05) is 0 Å². The van der Waals surface area contributed by atoms with Crippen molar-refractivity contribution in [1.82, 2.24) is 5.43 Å². The van der Waals surface area contributed by atoms with Crippen molar-refractivity contribution in [2.45, 2.75) is 6.42 Å². The number of nitro groups is 1. The molecule has 0 radical (unpaired) electrons. The molecule has 10 heteroatoms. The number of carbonyl (C=O) groups excluding carboxylic acids is 1. The third-order valence-electron chi connectivity index (χ3n) is 4.41. The van der Waals surface area contributed by atoms with Gasteiger partial charge in [0.15, 0.2) is 11.5 Å². The van der Waals surface area contributed by atoms with Crippen LogP contribution in [0.2, 0.25) is 5.02 Å². The van der Waals surface area contributed by atoms with E-state index in [0.29, 0.717) is 41.8 Å². The molecule has 0 saturated carbocycles. The highest BCUT2D eigenvalue weighted by molar-refractivity contribution is 6.33. The zero-order chi connectivity index (χ0) is 21.8.